The molecule has 7 nitrogen and oxygen atoms in total. The largest absolute Gasteiger partial charge is 0.480 e. The van der Waals surface area contributed by atoms with Crippen molar-refractivity contribution in [3.8, 4) is 0 Å². The van der Waals surface area contributed by atoms with Gasteiger partial charge in [0.15, 0.2) is 0 Å². The first-order valence-corrected chi connectivity index (χ1v) is 9.39. The van der Waals surface area contributed by atoms with Gasteiger partial charge in [0, 0.05) is 25.0 Å². The van der Waals surface area contributed by atoms with E-state index in [0.717, 1.165) is 26.7 Å². The lowest BCUT2D eigenvalue weighted by atomic mass is 9.78. The monoisotopic (exact) mass is 352 g/mol. The van der Waals surface area contributed by atoms with Crippen LogP contribution >= 0.6 is 0 Å². The predicted molar refractivity (Wildman–Crippen MR) is 96.0 cm³/mol. The lowest BCUT2D eigenvalue weighted by Crippen LogP contribution is -2.52. The molecule has 2 rings (SSSR count). The fraction of sp³-hybridized carbons (Fsp3) is 0.882. The van der Waals surface area contributed by atoms with Crippen LogP contribution in [0.3, 0.4) is 0 Å². The number of nitrogens with two attached hydrogens (primary N) is 1. The van der Waals surface area contributed by atoms with Gasteiger partial charge in [-0.2, -0.15) is 0 Å². The maximum absolute atomic E-state index is 12.8. The first-order valence-electron chi connectivity index (χ1n) is 9.39. The van der Waals surface area contributed by atoms with Crippen molar-refractivity contribution in [2.24, 2.45) is 17.6 Å². The van der Waals surface area contributed by atoms with Crippen LogP contribution in [0, 0.1) is 11.8 Å². The zero-order valence-electron chi connectivity index (χ0n) is 15.3. The Morgan fingerprint density at radius 2 is 2.16 bits per heavy atom. The number of carboxylic acids is 1. The summed E-state index contributed by atoms with van der Waals surface area (Å²) in [6.45, 7) is 5.07. The van der Waals surface area contributed by atoms with Crippen molar-refractivity contribution < 1.29 is 19.7 Å². The average Bonchev–Trinajstić information content (AvgIpc) is 3.18. The molecule has 2 heterocycles. The van der Waals surface area contributed by atoms with Gasteiger partial charge in [-0.25, -0.2) is 0 Å². The van der Waals surface area contributed by atoms with Crippen LogP contribution in [0.4, 0.5) is 0 Å². The van der Waals surface area contributed by atoms with Crippen LogP contribution < -0.4 is 11.1 Å². The molecule has 141 valence electrons. The van der Waals surface area contributed by atoms with Gasteiger partial charge >= 0.3 is 5.97 Å². The highest BCUT2D eigenvalue weighted by Crippen LogP contribution is 2.41. The Morgan fingerprint density at radius 1 is 1.44 bits per heavy atom. The van der Waals surface area contributed by atoms with Gasteiger partial charge in [-0.3, -0.25) is 14.9 Å². The molecule has 0 spiro atoms. The Hall–Kier alpha value is -1.12. The quantitative estimate of drug-likeness (QED) is 0.348. The van der Waals surface area contributed by atoms with Gasteiger partial charge in [0.2, 0.25) is 5.91 Å². The summed E-state index contributed by atoms with van der Waals surface area (Å²) < 4.78 is 0. The third kappa shape index (κ3) is 3.86. The van der Waals surface area contributed by atoms with E-state index >= 15 is 0 Å². The number of amides is 1. The molecule has 0 saturated carbocycles. The molecule has 0 bridgehead atoms. The van der Waals surface area contributed by atoms with Crippen molar-refractivity contribution in [2.45, 2.75) is 69.9 Å². The van der Waals surface area contributed by atoms with Crippen LogP contribution in [0.15, 0.2) is 0 Å². The smallest absolute Gasteiger partial charge is 0.324 e. The molecule has 1 radical (unpaired) electrons. The molecule has 0 aliphatic carbocycles. The van der Waals surface area contributed by atoms with E-state index in [1.54, 1.807) is 4.90 Å². The van der Waals surface area contributed by atoms with Gasteiger partial charge in [0.25, 0.3) is 7.48 Å². The first kappa shape index (κ1) is 20.2. The number of carbonyl (C=O) groups is 2. The summed E-state index contributed by atoms with van der Waals surface area (Å²) in [5, 5.41) is 21.9. The fourth-order valence-corrected chi connectivity index (χ4v) is 4.32. The lowest BCUT2D eigenvalue weighted by Gasteiger charge is -2.31. The van der Waals surface area contributed by atoms with Gasteiger partial charge in [0.05, 0.1) is 6.04 Å². The normalized spacial score (nSPS) is 30.8. The molecule has 0 aromatic carbocycles. The van der Waals surface area contributed by atoms with E-state index in [2.05, 4.69) is 5.32 Å². The molecule has 5 N–H and O–H groups in total. The Bertz CT molecular complexity index is 493. The summed E-state index contributed by atoms with van der Waals surface area (Å²) in [6.07, 6.45) is 4.09. The topological polar surface area (TPSA) is 116 Å². The van der Waals surface area contributed by atoms with Crippen LogP contribution in [-0.4, -0.2) is 65.1 Å². The number of hydrogen-bond donors (Lipinski definition) is 4. The van der Waals surface area contributed by atoms with Gasteiger partial charge in [0.1, 0.15) is 5.54 Å². The number of nitrogens with zero attached hydrogens (tertiary/aromatic N) is 1. The summed E-state index contributed by atoms with van der Waals surface area (Å²) in [5.41, 5.74) is 5.14. The van der Waals surface area contributed by atoms with Crippen LogP contribution in [0.25, 0.3) is 0 Å². The Morgan fingerprint density at radius 3 is 2.76 bits per heavy atom. The second-order valence-corrected chi connectivity index (χ2v) is 7.49. The predicted octanol–water partition coefficient (Wildman–Crippen LogP) is 0.204. The number of rotatable bonds is 9. The van der Waals surface area contributed by atoms with Gasteiger partial charge < -0.3 is 20.8 Å². The van der Waals surface area contributed by atoms with Crippen LogP contribution in [0.5, 0.6) is 0 Å². The Kier molecular flexibility index (Phi) is 6.88. The number of carboxylic acid groups (broad SMARTS) is 1. The van der Waals surface area contributed by atoms with E-state index in [-0.39, 0.29) is 23.8 Å². The summed E-state index contributed by atoms with van der Waals surface area (Å²) in [6, 6.07) is -0.619. The molecule has 1 amide bonds. The summed E-state index contributed by atoms with van der Waals surface area (Å²) in [7, 11) is 1.12. The second kappa shape index (κ2) is 8.51. The maximum Gasteiger partial charge on any atom is 0.324 e. The highest BCUT2D eigenvalue weighted by molar-refractivity contribution is 6.25. The van der Waals surface area contributed by atoms with Gasteiger partial charge in [-0.05, 0) is 18.8 Å². The average molecular weight is 352 g/mol. The number of aliphatic carboxylic acids is 1. The zero-order chi connectivity index (χ0) is 18.6. The van der Waals surface area contributed by atoms with Crippen molar-refractivity contribution in [3.05, 3.63) is 0 Å². The summed E-state index contributed by atoms with van der Waals surface area (Å²) >= 11 is 0. The van der Waals surface area contributed by atoms with E-state index in [0.29, 0.717) is 32.3 Å². The van der Waals surface area contributed by atoms with E-state index in [9.17, 15) is 14.7 Å². The molecule has 2 saturated heterocycles. The van der Waals surface area contributed by atoms with Crippen molar-refractivity contribution in [2.75, 3.05) is 13.1 Å². The van der Waals surface area contributed by atoms with Crippen molar-refractivity contribution >= 4 is 19.4 Å². The standard InChI is InChI=1S/C17H31BN3O4/c1-3-11(2)14(19)15(22)21-9-6-12-13(21)10-20-17(12,16(23)24)7-4-5-8-18-25/h11-14,20,25H,3-10,19H2,1-2H3,(H,23,24)/t11?,12-,13-,14-,17+/m0/s1. The lowest BCUT2D eigenvalue weighted by molar-refractivity contribution is -0.147. The van der Waals surface area contributed by atoms with Crippen LogP contribution in [-0.2, 0) is 9.59 Å². The van der Waals surface area contributed by atoms with Crippen molar-refractivity contribution in [3.63, 3.8) is 0 Å². The molecule has 0 aromatic heterocycles. The Balaban J connectivity index is 2.08. The molecule has 8 heteroatoms. The minimum absolute atomic E-state index is 0.0558. The van der Waals surface area contributed by atoms with E-state index in [1.165, 1.54) is 0 Å². The van der Waals surface area contributed by atoms with Crippen LogP contribution in [0.2, 0.25) is 6.32 Å². The zero-order valence-corrected chi connectivity index (χ0v) is 15.3. The van der Waals surface area contributed by atoms with E-state index in [1.807, 2.05) is 13.8 Å². The molecule has 25 heavy (non-hydrogen) atoms. The summed E-state index contributed by atoms with van der Waals surface area (Å²) in [5.74, 6) is -0.871. The minimum atomic E-state index is -0.977. The third-order valence-corrected chi connectivity index (χ3v) is 6.17. The van der Waals surface area contributed by atoms with Gasteiger partial charge in [-0.1, -0.05) is 39.4 Å². The first-order chi connectivity index (χ1) is 11.9. The minimum Gasteiger partial charge on any atom is -0.480 e. The van der Waals surface area contributed by atoms with Crippen molar-refractivity contribution in [1.82, 2.24) is 10.2 Å². The molecular formula is C17H31BN3O4. The molecule has 2 fully saturated rings. The fourth-order valence-electron chi connectivity index (χ4n) is 4.32. The number of hydrogen-bond acceptors (Lipinski definition) is 5. The highest BCUT2D eigenvalue weighted by Gasteiger charge is 2.58. The molecule has 5 atom stereocenters. The molecule has 1 unspecified atom stereocenters. The molecule has 0 aromatic rings. The molecule has 2 aliphatic rings. The number of nitrogens with one attached hydrogen (secondary N) is 1. The summed E-state index contributed by atoms with van der Waals surface area (Å²) in [4.78, 5) is 26.6. The SMILES string of the molecule is CCC(C)[C@H](N)C(=O)N1CC[C@H]2[C@@H]1CN[C@@]2(CCCC[B]O)C(=O)O. The third-order valence-electron chi connectivity index (χ3n) is 6.17. The second-order valence-electron chi connectivity index (χ2n) is 7.49. The maximum atomic E-state index is 12.8. The molecular weight excluding hydrogens is 321 g/mol. The number of unbranched alkanes of at least 4 members (excludes halogenated alkanes) is 1. The van der Waals surface area contributed by atoms with Crippen molar-refractivity contribution in [1.29, 1.82) is 0 Å². The van der Waals surface area contributed by atoms with E-state index < -0.39 is 17.6 Å². The number of carbonyl (C=O) groups excluding carboxylic acids is 1. The highest BCUT2D eigenvalue weighted by atomic mass is 16.4. The number of fused-ring (bicyclic) bond motifs is 1. The Labute approximate surface area is 150 Å². The van der Waals surface area contributed by atoms with Gasteiger partial charge in [-0.15, -0.1) is 0 Å². The van der Waals surface area contributed by atoms with Crippen LogP contribution in [0.1, 0.15) is 46.0 Å². The molecule has 2 aliphatic heterocycles. The number of likely N-dealkylation sites (tertiary alicyclic amines) is 1. The van der Waals surface area contributed by atoms with E-state index in [4.69, 9.17) is 10.8 Å².